The van der Waals surface area contributed by atoms with Gasteiger partial charge < -0.3 is 15.1 Å². The lowest BCUT2D eigenvalue weighted by atomic mass is 10.1. The summed E-state index contributed by atoms with van der Waals surface area (Å²) in [6.45, 7) is 11.1. The molecule has 26 heavy (non-hydrogen) atoms. The molecule has 2 rings (SSSR count). The Labute approximate surface area is 161 Å². The second-order valence-corrected chi connectivity index (χ2v) is 8.21. The largest absolute Gasteiger partial charge is 0.366 e. The number of nitrogens with one attached hydrogen (secondary N) is 1. The van der Waals surface area contributed by atoms with E-state index in [1.807, 2.05) is 30.9 Å². The maximum Gasteiger partial charge on any atom is 0.224 e. The maximum atomic E-state index is 12.2. The van der Waals surface area contributed by atoms with Gasteiger partial charge in [-0.2, -0.15) is 0 Å². The number of anilines is 2. The molecule has 1 aromatic rings. The molecule has 0 spiro atoms. The summed E-state index contributed by atoms with van der Waals surface area (Å²) < 4.78 is 0. The van der Waals surface area contributed by atoms with Crippen LogP contribution in [0, 0.1) is 11.8 Å². The summed E-state index contributed by atoms with van der Waals surface area (Å²) in [7, 11) is 0. The first-order valence-electron chi connectivity index (χ1n) is 9.38. The summed E-state index contributed by atoms with van der Waals surface area (Å²) in [5, 5.41) is 3.59. The molecule has 1 heterocycles. The molecule has 0 aliphatic carbocycles. The molecule has 1 fully saturated rings. The Kier molecular flexibility index (Phi) is 7.33. The van der Waals surface area contributed by atoms with Crippen molar-refractivity contribution in [1.29, 1.82) is 0 Å². The van der Waals surface area contributed by atoms with E-state index in [2.05, 4.69) is 24.1 Å². The number of nitrogens with zero attached hydrogens (tertiary/aromatic N) is 2. The van der Waals surface area contributed by atoms with E-state index in [0.29, 0.717) is 42.8 Å². The van der Waals surface area contributed by atoms with Crippen LogP contribution in [-0.4, -0.2) is 42.9 Å². The molecular formula is C20H30ClN3O2. The van der Waals surface area contributed by atoms with Crippen molar-refractivity contribution in [3.63, 3.8) is 0 Å². The van der Waals surface area contributed by atoms with Gasteiger partial charge >= 0.3 is 0 Å². The molecule has 6 heteroatoms. The van der Waals surface area contributed by atoms with E-state index in [9.17, 15) is 9.59 Å². The third-order valence-corrected chi connectivity index (χ3v) is 4.62. The Bertz CT molecular complexity index is 638. The average Bonchev–Trinajstić information content (AvgIpc) is 2.53. The van der Waals surface area contributed by atoms with Gasteiger partial charge in [0.15, 0.2) is 0 Å². The van der Waals surface area contributed by atoms with Gasteiger partial charge in [0.1, 0.15) is 0 Å². The fourth-order valence-corrected chi connectivity index (χ4v) is 3.30. The normalized spacial score (nSPS) is 14.9. The second kappa shape index (κ2) is 9.26. The molecule has 1 saturated heterocycles. The average molecular weight is 380 g/mol. The van der Waals surface area contributed by atoms with Crippen LogP contribution in [0.3, 0.4) is 0 Å². The molecule has 0 saturated carbocycles. The van der Waals surface area contributed by atoms with E-state index in [0.717, 1.165) is 24.5 Å². The summed E-state index contributed by atoms with van der Waals surface area (Å²) in [4.78, 5) is 28.6. The van der Waals surface area contributed by atoms with Crippen LogP contribution in [0.2, 0.25) is 5.02 Å². The Hall–Kier alpha value is -1.75. The Morgan fingerprint density at radius 1 is 1.04 bits per heavy atom. The van der Waals surface area contributed by atoms with Crippen LogP contribution in [-0.2, 0) is 9.59 Å². The van der Waals surface area contributed by atoms with Crippen molar-refractivity contribution in [3.8, 4) is 0 Å². The van der Waals surface area contributed by atoms with Crippen LogP contribution >= 0.6 is 11.6 Å². The standard InChI is InChI=1S/C20H30ClN3O2/c1-14(2)11-19(25)22-17-13-16(21)5-6-18(17)23-7-9-24(10-8-23)20(26)12-15(3)4/h5-6,13-15H,7-12H2,1-4H3,(H,22,25). The van der Waals surface area contributed by atoms with E-state index in [1.165, 1.54) is 0 Å². The number of carbonyl (C=O) groups is 2. The number of carbonyl (C=O) groups excluding carboxylic acids is 2. The summed E-state index contributed by atoms with van der Waals surface area (Å²) in [6, 6.07) is 5.58. The SMILES string of the molecule is CC(C)CC(=O)Nc1cc(Cl)ccc1N1CCN(C(=O)CC(C)C)CC1. The van der Waals surface area contributed by atoms with Crippen LogP contribution in [0.4, 0.5) is 11.4 Å². The zero-order chi connectivity index (χ0) is 19.3. The van der Waals surface area contributed by atoms with E-state index < -0.39 is 0 Å². The van der Waals surface area contributed by atoms with Gasteiger partial charge in [-0.1, -0.05) is 39.3 Å². The molecule has 144 valence electrons. The number of piperazine rings is 1. The predicted octanol–water partition coefficient (Wildman–Crippen LogP) is 4.02. The first-order chi connectivity index (χ1) is 12.3. The van der Waals surface area contributed by atoms with Crippen molar-refractivity contribution in [2.24, 2.45) is 11.8 Å². The van der Waals surface area contributed by atoms with Crippen molar-refractivity contribution >= 4 is 34.8 Å². The number of benzene rings is 1. The van der Waals surface area contributed by atoms with Gasteiger partial charge in [0, 0.05) is 44.0 Å². The minimum absolute atomic E-state index is 0.00531. The number of rotatable bonds is 6. The van der Waals surface area contributed by atoms with Crippen molar-refractivity contribution < 1.29 is 9.59 Å². The van der Waals surface area contributed by atoms with Crippen molar-refractivity contribution in [1.82, 2.24) is 4.90 Å². The van der Waals surface area contributed by atoms with E-state index in [-0.39, 0.29) is 11.8 Å². The highest BCUT2D eigenvalue weighted by molar-refractivity contribution is 6.31. The fourth-order valence-electron chi connectivity index (χ4n) is 3.13. The van der Waals surface area contributed by atoms with Crippen molar-refractivity contribution in [3.05, 3.63) is 23.2 Å². The van der Waals surface area contributed by atoms with Crippen molar-refractivity contribution in [2.45, 2.75) is 40.5 Å². The molecule has 1 aliphatic heterocycles. The fraction of sp³-hybridized carbons (Fsp3) is 0.600. The van der Waals surface area contributed by atoms with Crippen LogP contribution < -0.4 is 10.2 Å². The summed E-state index contributed by atoms with van der Waals surface area (Å²) in [5.74, 6) is 0.892. The first kappa shape index (κ1) is 20.6. The highest BCUT2D eigenvalue weighted by Gasteiger charge is 2.23. The van der Waals surface area contributed by atoms with Crippen molar-refractivity contribution in [2.75, 3.05) is 36.4 Å². The number of amides is 2. The highest BCUT2D eigenvalue weighted by atomic mass is 35.5. The lowest BCUT2D eigenvalue weighted by molar-refractivity contribution is -0.132. The Balaban J connectivity index is 2.05. The molecule has 0 atom stereocenters. The highest BCUT2D eigenvalue weighted by Crippen LogP contribution is 2.30. The molecule has 1 aromatic carbocycles. The predicted molar refractivity (Wildman–Crippen MR) is 108 cm³/mol. The molecule has 0 radical (unpaired) electrons. The van der Waals surface area contributed by atoms with Gasteiger partial charge in [-0.25, -0.2) is 0 Å². The first-order valence-corrected chi connectivity index (χ1v) is 9.76. The van der Waals surface area contributed by atoms with Crippen LogP contribution in [0.5, 0.6) is 0 Å². The maximum absolute atomic E-state index is 12.2. The molecule has 0 unspecified atom stereocenters. The molecule has 5 nitrogen and oxygen atoms in total. The van der Waals surface area contributed by atoms with Gasteiger partial charge in [-0.05, 0) is 30.0 Å². The summed E-state index contributed by atoms with van der Waals surface area (Å²) in [6.07, 6.45) is 1.07. The molecule has 1 N–H and O–H groups in total. The van der Waals surface area contributed by atoms with E-state index >= 15 is 0 Å². The van der Waals surface area contributed by atoms with Gasteiger partial charge in [-0.3, -0.25) is 9.59 Å². The Morgan fingerprint density at radius 3 is 2.23 bits per heavy atom. The zero-order valence-corrected chi connectivity index (χ0v) is 17.0. The number of hydrogen-bond donors (Lipinski definition) is 1. The smallest absolute Gasteiger partial charge is 0.224 e. The number of halogens is 1. The Morgan fingerprint density at radius 2 is 1.65 bits per heavy atom. The third kappa shape index (κ3) is 5.90. The summed E-state index contributed by atoms with van der Waals surface area (Å²) in [5.41, 5.74) is 1.70. The molecular weight excluding hydrogens is 350 g/mol. The van der Waals surface area contributed by atoms with E-state index in [1.54, 1.807) is 6.07 Å². The molecule has 0 bridgehead atoms. The third-order valence-electron chi connectivity index (χ3n) is 4.38. The van der Waals surface area contributed by atoms with E-state index in [4.69, 9.17) is 11.6 Å². The topological polar surface area (TPSA) is 52.7 Å². The van der Waals surface area contributed by atoms with Crippen LogP contribution in [0.25, 0.3) is 0 Å². The molecule has 1 aliphatic rings. The van der Waals surface area contributed by atoms with Gasteiger partial charge in [0.2, 0.25) is 11.8 Å². The van der Waals surface area contributed by atoms with Crippen LogP contribution in [0.1, 0.15) is 40.5 Å². The lowest BCUT2D eigenvalue weighted by Gasteiger charge is -2.37. The minimum Gasteiger partial charge on any atom is -0.366 e. The quantitative estimate of drug-likeness (QED) is 0.812. The monoisotopic (exact) mass is 379 g/mol. The zero-order valence-electron chi connectivity index (χ0n) is 16.2. The van der Waals surface area contributed by atoms with Gasteiger partial charge in [-0.15, -0.1) is 0 Å². The minimum atomic E-state index is -0.00531. The number of hydrogen-bond acceptors (Lipinski definition) is 3. The second-order valence-electron chi connectivity index (χ2n) is 7.77. The van der Waals surface area contributed by atoms with Crippen LogP contribution in [0.15, 0.2) is 18.2 Å². The van der Waals surface area contributed by atoms with Gasteiger partial charge in [0.05, 0.1) is 11.4 Å². The van der Waals surface area contributed by atoms with Gasteiger partial charge in [0.25, 0.3) is 0 Å². The summed E-state index contributed by atoms with van der Waals surface area (Å²) >= 11 is 6.14. The molecule has 0 aromatic heterocycles. The lowest BCUT2D eigenvalue weighted by Crippen LogP contribution is -2.49. The molecule has 2 amide bonds.